The topological polar surface area (TPSA) is 192 Å². The number of fused-ring (bicyclic) bond motifs is 2. The minimum absolute atomic E-state index is 0. The fraction of sp³-hybridized carbons (Fsp3) is 0.327. The van der Waals surface area contributed by atoms with E-state index in [1.54, 1.807) is 12.3 Å². The van der Waals surface area contributed by atoms with Gasteiger partial charge < -0.3 is 30.9 Å². The number of anilines is 1. The van der Waals surface area contributed by atoms with Gasteiger partial charge in [0.05, 0.1) is 11.0 Å². The van der Waals surface area contributed by atoms with Gasteiger partial charge in [0.2, 0.25) is 10.6 Å². The number of carbonyl (C=O) groups excluding carboxylic acids is 1. The first kappa shape index (κ1) is 64.4. The summed E-state index contributed by atoms with van der Waals surface area (Å²) in [6.07, 6.45) is 15.3. The molecule has 77 heavy (non-hydrogen) atoms. The first-order chi connectivity index (χ1) is 36.3. The van der Waals surface area contributed by atoms with Gasteiger partial charge >= 0.3 is 103 Å². The maximum Gasteiger partial charge on any atom is 1.00 e. The molecular formula is C55H61Cl3K2N12O5. The number of aromatic nitrogens is 8. The molecule has 2 aliphatic rings. The Labute approximate surface area is 550 Å². The van der Waals surface area contributed by atoms with Gasteiger partial charge in [-0.1, -0.05) is 35.9 Å². The van der Waals surface area contributed by atoms with Gasteiger partial charge in [-0.05, 0) is 141 Å². The van der Waals surface area contributed by atoms with Crippen LogP contribution in [0.3, 0.4) is 0 Å². The summed E-state index contributed by atoms with van der Waals surface area (Å²) in [7, 11) is 4.02. The van der Waals surface area contributed by atoms with E-state index in [2.05, 4.69) is 88.2 Å². The third-order valence-corrected chi connectivity index (χ3v) is 13.6. The quantitative estimate of drug-likeness (QED) is 0.0464. The summed E-state index contributed by atoms with van der Waals surface area (Å²) in [6, 6.07) is 28.2. The van der Waals surface area contributed by atoms with Crippen LogP contribution in [-0.2, 0) is 50.0 Å². The van der Waals surface area contributed by atoms with E-state index < -0.39 is 0 Å². The molecule has 2 atom stereocenters. The zero-order chi connectivity index (χ0) is 53.3. The van der Waals surface area contributed by atoms with E-state index in [1.165, 1.54) is 23.7 Å². The fourth-order valence-electron chi connectivity index (χ4n) is 9.60. The molecule has 10 rings (SSSR count). The third kappa shape index (κ3) is 19.1. The van der Waals surface area contributed by atoms with Crippen molar-refractivity contribution in [3.05, 3.63) is 192 Å². The van der Waals surface area contributed by atoms with Crippen molar-refractivity contribution in [2.24, 2.45) is 14.1 Å². The van der Waals surface area contributed by atoms with E-state index in [1.807, 2.05) is 107 Å². The molecule has 1 N–H and O–H groups in total. The molecule has 2 aromatic carbocycles. The van der Waals surface area contributed by atoms with Gasteiger partial charge in [-0.3, -0.25) is 34.2 Å². The molecule has 0 amide bonds. The standard InChI is InChI=1S/C27H29ClN6O.C23H28N4O.C4H2Cl2N2.CH2O3.2K.H/c1-19-14-20(9-11-29-19)15-34(17-21-16-32(2)24-8-4-3-7-23(24)26(21)35)22-6-5-13-33(18-22)25-10-12-30-27(28)31-25;1-17-12-18(9-11-25-17)14-27(20-6-5-10-24-13-20)16-19-15-26(2)22-8-4-3-7-21(22)23(19)28;5-3-1-2-7-4(6)8-3;2-1-4-3;;;/h3-4,7-12,14,16,22H,5-6,13,15,17-18H2,1-2H3;3-4,7-9,11-12,15,20,24H,5-6,10,13-14,16H2,1-2H3;1-2H;1,3H;;;/q;;;;2*+1;-1/p-1/t22-;20-;;;;;/m00...../s1. The largest absolute Gasteiger partial charge is 1.00 e. The first-order valence-electron chi connectivity index (χ1n) is 24.6. The molecule has 8 heterocycles. The van der Waals surface area contributed by atoms with Crippen LogP contribution in [0.2, 0.25) is 15.7 Å². The second kappa shape index (κ2) is 32.7. The molecule has 17 nitrogen and oxygen atoms in total. The van der Waals surface area contributed by atoms with Crippen LogP contribution in [0.4, 0.5) is 5.82 Å². The van der Waals surface area contributed by atoms with Crippen molar-refractivity contribution in [3.63, 3.8) is 0 Å². The Bertz CT molecular complexity index is 3290. The second-order valence-corrected chi connectivity index (χ2v) is 19.5. The normalized spacial score (nSPS) is 14.9. The number of aryl methyl sites for hydroxylation is 4. The Morgan fingerprint density at radius 3 is 1.65 bits per heavy atom. The smallest absolute Gasteiger partial charge is 1.00 e. The summed E-state index contributed by atoms with van der Waals surface area (Å²) in [5.41, 5.74) is 8.29. The van der Waals surface area contributed by atoms with Crippen molar-refractivity contribution in [2.45, 2.75) is 77.8 Å². The van der Waals surface area contributed by atoms with Gasteiger partial charge in [-0.2, -0.15) is 0 Å². The van der Waals surface area contributed by atoms with E-state index >= 15 is 0 Å². The predicted molar refractivity (Wildman–Crippen MR) is 293 cm³/mol. The molecule has 6 aromatic heterocycles. The number of piperidine rings is 2. The van der Waals surface area contributed by atoms with Crippen LogP contribution in [0.15, 0.2) is 132 Å². The van der Waals surface area contributed by atoms with Gasteiger partial charge in [-0.25, -0.2) is 19.9 Å². The van der Waals surface area contributed by atoms with Gasteiger partial charge in [-0.15, -0.1) is 0 Å². The molecule has 0 radical (unpaired) electrons. The van der Waals surface area contributed by atoms with Gasteiger partial charge in [0.1, 0.15) is 11.0 Å². The van der Waals surface area contributed by atoms with Crippen LogP contribution in [0.5, 0.6) is 0 Å². The molecule has 0 saturated carbocycles. The Morgan fingerprint density at radius 2 is 1.18 bits per heavy atom. The third-order valence-electron chi connectivity index (χ3n) is 13.0. The van der Waals surface area contributed by atoms with Crippen molar-refractivity contribution in [1.29, 1.82) is 0 Å². The van der Waals surface area contributed by atoms with Crippen LogP contribution >= 0.6 is 34.8 Å². The maximum atomic E-state index is 13.4. The van der Waals surface area contributed by atoms with Crippen molar-refractivity contribution in [2.75, 3.05) is 31.1 Å². The summed E-state index contributed by atoms with van der Waals surface area (Å²) in [6.45, 7) is 10.4. The minimum Gasteiger partial charge on any atom is -1.00 e. The molecule has 0 aliphatic carbocycles. The average molecular weight is 1150 g/mol. The number of rotatable bonds is 12. The Hall–Kier alpha value is -3.43. The number of halogens is 3. The molecule has 22 heteroatoms. The second-order valence-electron chi connectivity index (χ2n) is 18.4. The van der Waals surface area contributed by atoms with E-state index in [4.69, 9.17) is 44.9 Å². The summed E-state index contributed by atoms with van der Waals surface area (Å²) in [5.74, 6) is 0.844. The Balaban J connectivity index is 0.000000272. The molecule has 2 aliphatic heterocycles. The Kier molecular flexibility index (Phi) is 27.4. The number of carbonyl (C=O) groups is 1. The van der Waals surface area contributed by atoms with Crippen LogP contribution < -0.4 is 129 Å². The van der Waals surface area contributed by atoms with E-state index in [-0.39, 0.29) is 138 Å². The molecular weight excluding hydrogens is 1090 g/mol. The number of hydrogen-bond donors (Lipinski definition) is 1. The zero-order valence-electron chi connectivity index (χ0n) is 45.4. The summed E-state index contributed by atoms with van der Waals surface area (Å²) < 4.78 is 4.12. The number of para-hydroxylation sites is 2. The first-order valence-corrected chi connectivity index (χ1v) is 25.7. The number of pyridine rings is 4. The van der Waals surface area contributed by atoms with Crippen molar-refractivity contribution < 1.29 is 119 Å². The van der Waals surface area contributed by atoms with Crippen LogP contribution in [0.25, 0.3) is 21.8 Å². The zero-order valence-corrected chi connectivity index (χ0v) is 52.9. The molecule has 0 bridgehead atoms. The summed E-state index contributed by atoms with van der Waals surface area (Å²) >= 11 is 16.8. The van der Waals surface area contributed by atoms with Crippen molar-refractivity contribution in [1.82, 2.24) is 54.2 Å². The van der Waals surface area contributed by atoms with Crippen LogP contribution in [-0.4, -0.2) is 93.6 Å². The van der Waals surface area contributed by atoms with Crippen molar-refractivity contribution in [3.8, 4) is 0 Å². The summed E-state index contributed by atoms with van der Waals surface area (Å²) in [5, 5.41) is 14.3. The Morgan fingerprint density at radius 1 is 0.688 bits per heavy atom. The SMILES string of the molecule is Cc1cc(CN(Cc2cn(C)c3ccccc3c2=O)[C@H]2CCCN(c3ccnc(Cl)n3)C2)ccn1.Cc1cc(CN(Cc2cn(C)c3ccccc3c2=O)[C@H]2CCCNC2)ccn1.Clc1ccnc(Cl)n1.O=CO[O-].[H-].[K+].[K+]. The number of nitrogens with zero attached hydrogens (tertiary/aromatic N) is 11. The fourth-order valence-corrected chi connectivity index (χ4v) is 10.1. The number of hydrogen-bond acceptors (Lipinski definition) is 15. The number of nitrogens with one attached hydrogen (secondary N) is 1. The molecule has 2 fully saturated rings. The predicted octanol–water partition coefficient (Wildman–Crippen LogP) is 1.69. The van der Waals surface area contributed by atoms with Crippen molar-refractivity contribution >= 4 is 68.9 Å². The van der Waals surface area contributed by atoms with Crippen LogP contribution in [0, 0.1) is 13.8 Å². The van der Waals surface area contributed by atoms with E-state index in [0.717, 1.165) is 109 Å². The monoisotopic (exact) mass is 1150 g/mol. The number of benzene rings is 2. The van der Waals surface area contributed by atoms with Crippen LogP contribution in [0.1, 0.15) is 60.8 Å². The summed E-state index contributed by atoms with van der Waals surface area (Å²) in [4.78, 5) is 69.3. The van der Waals surface area contributed by atoms with Gasteiger partial charge in [0, 0.05) is 142 Å². The minimum atomic E-state index is -0.181. The van der Waals surface area contributed by atoms with E-state index in [9.17, 15) is 9.59 Å². The van der Waals surface area contributed by atoms with E-state index in [0.29, 0.717) is 24.3 Å². The molecule has 0 unspecified atom stereocenters. The average Bonchev–Trinajstić information content (AvgIpc) is 3.45. The molecule has 8 aromatic rings. The van der Waals surface area contributed by atoms with Gasteiger partial charge in [0.25, 0.3) is 6.47 Å². The van der Waals surface area contributed by atoms with Gasteiger partial charge in [0.15, 0.2) is 10.9 Å². The molecule has 0 spiro atoms. The maximum absolute atomic E-state index is 13.4. The molecule has 394 valence electrons. The molecule has 2 saturated heterocycles.